The van der Waals surface area contributed by atoms with Gasteiger partial charge in [0.1, 0.15) is 0 Å². The van der Waals surface area contributed by atoms with Crippen molar-refractivity contribution in [1.29, 1.82) is 0 Å². The molecule has 3 aromatic rings. The molecule has 1 atom stereocenters. The van der Waals surface area contributed by atoms with E-state index in [1.165, 1.54) is 22.5 Å². The van der Waals surface area contributed by atoms with Gasteiger partial charge in [0.05, 0.1) is 10.5 Å². The van der Waals surface area contributed by atoms with Crippen molar-refractivity contribution in [2.24, 2.45) is 0 Å². The van der Waals surface area contributed by atoms with Gasteiger partial charge in [0.25, 0.3) is 5.91 Å². The molecule has 11 heteroatoms. The molecule has 1 heterocycles. The highest BCUT2D eigenvalue weighted by Crippen LogP contribution is 2.29. The number of amides is 1. The monoisotopic (exact) mass is 565 g/mol. The van der Waals surface area contributed by atoms with Crippen LogP contribution < -0.4 is 10.6 Å². The molecule has 0 bridgehead atoms. The first-order valence-corrected chi connectivity index (χ1v) is 13.9. The Morgan fingerprint density at radius 3 is 2.39 bits per heavy atom. The molecule has 202 valence electrons. The van der Waals surface area contributed by atoms with Crippen molar-refractivity contribution in [3.63, 3.8) is 0 Å². The molecule has 1 unspecified atom stereocenters. The molecule has 0 aliphatic carbocycles. The van der Waals surface area contributed by atoms with E-state index in [4.69, 9.17) is 11.6 Å². The second kappa shape index (κ2) is 11.9. The normalized spacial score (nSPS) is 16.5. The molecule has 3 aromatic carbocycles. The van der Waals surface area contributed by atoms with E-state index >= 15 is 0 Å². The molecule has 4 rings (SSSR count). The number of halogens is 4. The zero-order chi connectivity index (χ0) is 27.3. The van der Waals surface area contributed by atoms with Crippen LogP contribution in [0.3, 0.4) is 0 Å². The summed E-state index contributed by atoms with van der Waals surface area (Å²) >= 11 is 5.84. The Morgan fingerprint density at radius 2 is 1.71 bits per heavy atom. The van der Waals surface area contributed by atoms with Crippen LogP contribution in [0.5, 0.6) is 0 Å². The second-order valence-corrected chi connectivity index (χ2v) is 11.5. The molecule has 0 saturated carbocycles. The number of hydrogen-bond donors (Lipinski definition) is 2. The van der Waals surface area contributed by atoms with Crippen LogP contribution in [-0.2, 0) is 29.2 Å². The number of sulfonamides is 1. The van der Waals surface area contributed by atoms with E-state index in [-0.39, 0.29) is 29.9 Å². The van der Waals surface area contributed by atoms with Gasteiger partial charge in [-0.25, -0.2) is 8.42 Å². The van der Waals surface area contributed by atoms with Crippen LogP contribution in [0.15, 0.2) is 77.7 Å². The fourth-order valence-electron chi connectivity index (χ4n) is 4.25. The zero-order valence-corrected chi connectivity index (χ0v) is 21.9. The van der Waals surface area contributed by atoms with Gasteiger partial charge < -0.3 is 10.6 Å². The van der Waals surface area contributed by atoms with E-state index in [1.807, 2.05) is 0 Å². The second-order valence-electron chi connectivity index (χ2n) is 9.08. The molecule has 1 saturated heterocycles. The maximum absolute atomic E-state index is 13.1. The lowest BCUT2D eigenvalue weighted by molar-refractivity contribution is -0.137. The van der Waals surface area contributed by atoms with Crippen molar-refractivity contribution in [2.45, 2.75) is 36.5 Å². The van der Waals surface area contributed by atoms with E-state index in [0.29, 0.717) is 42.1 Å². The number of carbonyl (C=O) groups is 1. The largest absolute Gasteiger partial charge is 0.416 e. The molecule has 1 amide bonds. The summed E-state index contributed by atoms with van der Waals surface area (Å²) in [7, 11) is -3.70. The van der Waals surface area contributed by atoms with Crippen LogP contribution in [0.25, 0.3) is 0 Å². The van der Waals surface area contributed by atoms with Gasteiger partial charge in [-0.1, -0.05) is 41.9 Å². The number of carbonyl (C=O) groups excluding carboxylic acids is 1. The molecule has 1 aliphatic rings. The lowest BCUT2D eigenvalue weighted by Crippen LogP contribution is -2.36. The number of nitrogens with one attached hydrogen (secondary N) is 2. The van der Waals surface area contributed by atoms with Crippen molar-refractivity contribution < 1.29 is 26.4 Å². The Labute approximate surface area is 224 Å². The van der Waals surface area contributed by atoms with Gasteiger partial charge in [0.2, 0.25) is 10.0 Å². The Hall–Kier alpha value is -2.92. The Kier molecular flexibility index (Phi) is 8.77. The van der Waals surface area contributed by atoms with Crippen LogP contribution in [-0.4, -0.2) is 44.3 Å². The molecular weight excluding hydrogens is 539 g/mol. The van der Waals surface area contributed by atoms with E-state index in [1.54, 1.807) is 42.5 Å². The predicted molar refractivity (Wildman–Crippen MR) is 139 cm³/mol. The number of hydrogen-bond acceptors (Lipinski definition) is 4. The van der Waals surface area contributed by atoms with Gasteiger partial charge in [-0.2, -0.15) is 17.5 Å². The minimum Gasteiger partial charge on any atom is -0.348 e. The minimum atomic E-state index is -4.38. The highest BCUT2D eigenvalue weighted by Gasteiger charge is 2.32. The summed E-state index contributed by atoms with van der Waals surface area (Å²) < 4.78 is 66.3. The van der Waals surface area contributed by atoms with Crippen LogP contribution in [0.2, 0.25) is 5.02 Å². The van der Waals surface area contributed by atoms with Crippen molar-refractivity contribution in [2.75, 3.05) is 19.6 Å². The number of nitrogens with zero attached hydrogens (tertiary/aromatic N) is 1. The molecule has 38 heavy (non-hydrogen) atoms. The summed E-state index contributed by atoms with van der Waals surface area (Å²) in [6, 6.07) is 18.0. The quantitative estimate of drug-likeness (QED) is 0.387. The van der Waals surface area contributed by atoms with Crippen molar-refractivity contribution in [3.8, 4) is 0 Å². The third kappa shape index (κ3) is 7.13. The van der Waals surface area contributed by atoms with E-state index < -0.39 is 21.8 Å². The predicted octanol–water partition coefficient (Wildman–Crippen LogP) is 4.88. The third-order valence-electron chi connectivity index (χ3n) is 6.37. The molecule has 1 fully saturated rings. The lowest BCUT2D eigenvalue weighted by Gasteiger charge is -2.18. The van der Waals surface area contributed by atoms with Gasteiger partial charge in [-0.15, -0.1) is 0 Å². The summed E-state index contributed by atoms with van der Waals surface area (Å²) in [5.74, 6) is -0.262. The first-order valence-electron chi connectivity index (χ1n) is 12.0. The van der Waals surface area contributed by atoms with Gasteiger partial charge in [0.15, 0.2) is 0 Å². The molecule has 1 aliphatic heterocycles. The van der Waals surface area contributed by atoms with Crippen molar-refractivity contribution in [3.05, 3.63) is 100 Å². The first kappa shape index (κ1) is 28.1. The van der Waals surface area contributed by atoms with E-state index in [0.717, 1.165) is 17.7 Å². The maximum Gasteiger partial charge on any atom is 0.416 e. The third-order valence-corrected chi connectivity index (χ3v) is 8.50. The number of alkyl halides is 3. The highest BCUT2D eigenvalue weighted by molar-refractivity contribution is 7.89. The Morgan fingerprint density at radius 1 is 1.00 bits per heavy atom. The average molecular weight is 566 g/mol. The minimum absolute atomic E-state index is 0.0853. The van der Waals surface area contributed by atoms with Gasteiger partial charge in [-0.3, -0.25) is 4.79 Å². The summed E-state index contributed by atoms with van der Waals surface area (Å²) in [5.41, 5.74) is 1.12. The summed E-state index contributed by atoms with van der Waals surface area (Å²) in [6.07, 6.45) is -3.37. The number of rotatable bonds is 9. The fourth-order valence-corrected chi connectivity index (χ4v) is 5.88. The molecule has 2 N–H and O–H groups in total. The van der Waals surface area contributed by atoms with Crippen LogP contribution in [0, 0.1) is 0 Å². The molecule has 0 radical (unpaired) electrons. The highest BCUT2D eigenvalue weighted by atomic mass is 35.5. The molecule has 6 nitrogen and oxygen atoms in total. The topological polar surface area (TPSA) is 78.5 Å². The van der Waals surface area contributed by atoms with E-state index in [9.17, 15) is 26.4 Å². The molecular formula is C27H27ClF3N3O3S. The van der Waals surface area contributed by atoms with Gasteiger partial charge in [0, 0.05) is 36.3 Å². The first-order chi connectivity index (χ1) is 18.0. The molecule has 0 spiro atoms. The SMILES string of the molecule is O=C(NCc1ccc(S(=O)(=O)N2CCC(NCCc3cccc(C(F)(F)F)c3)C2)cc1)c1ccc(Cl)cc1. The van der Waals surface area contributed by atoms with Crippen molar-refractivity contribution in [1.82, 2.24) is 14.9 Å². The average Bonchev–Trinajstić information content (AvgIpc) is 3.38. The fraction of sp³-hybridized carbons (Fsp3) is 0.296. The Bertz CT molecular complexity index is 1360. The number of benzene rings is 3. The standard InChI is InChI=1S/C27H27ClF3N3O3S/c28-23-8-6-21(7-9-23)26(35)33-17-20-4-10-25(11-5-20)38(36,37)34-15-13-24(18-34)32-14-12-19-2-1-3-22(16-19)27(29,30)31/h1-11,16,24,32H,12-15,17-18H2,(H,33,35). The van der Waals surface area contributed by atoms with Crippen LogP contribution in [0.1, 0.15) is 33.5 Å². The van der Waals surface area contributed by atoms with Crippen molar-refractivity contribution >= 4 is 27.5 Å². The maximum atomic E-state index is 13.1. The summed E-state index contributed by atoms with van der Waals surface area (Å²) in [6.45, 7) is 1.31. The van der Waals surface area contributed by atoms with Gasteiger partial charge in [-0.05, 0) is 73.0 Å². The lowest BCUT2D eigenvalue weighted by atomic mass is 10.1. The van der Waals surface area contributed by atoms with Gasteiger partial charge >= 0.3 is 6.18 Å². The van der Waals surface area contributed by atoms with Crippen LogP contribution in [0.4, 0.5) is 13.2 Å². The summed E-state index contributed by atoms with van der Waals surface area (Å²) in [5, 5.41) is 6.59. The Balaban J connectivity index is 1.26. The van der Waals surface area contributed by atoms with E-state index in [2.05, 4.69) is 10.6 Å². The van der Waals surface area contributed by atoms with Crippen LogP contribution >= 0.6 is 11.6 Å². The zero-order valence-electron chi connectivity index (χ0n) is 20.3. The smallest absolute Gasteiger partial charge is 0.348 e. The molecule has 0 aromatic heterocycles. The summed E-state index contributed by atoms with van der Waals surface area (Å²) in [4.78, 5) is 12.4.